The van der Waals surface area contributed by atoms with Crippen molar-refractivity contribution in [1.82, 2.24) is 4.90 Å². The first kappa shape index (κ1) is 14.7. The second-order valence-electron chi connectivity index (χ2n) is 4.44. The Bertz CT molecular complexity index is 550. The lowest BCUT2D eigenvalue weighted by molar-refractivity contribution is 0.215. The number of likely N-dealkylation sites (tertiary alicyclic amines) is 1. The number of amides is 2. The van der Waals surface area contributed by atoms with Crippen LogP contribution in [0.1, 0.15) is 12.8 Å². The van der Waals surface area contributed by atoms with Gasteiger partial charge >= 0.3 is 6.03 Å². The van der Waals surface area contributed by atoms with E-state index in [1.807, 2.05) is 0 Å². The maximum Gasteiger partial charge on any atom is 0.322 e. The zero-order chi connectivity index (χ0) is 14.7. The minimum absolute atomic E-state index is 0.0341. The van der Waals surface area contributed by atoms with Crippen LogP contribution in [0.4, 0.5) is 10.5 Å². The molecule has 1 aromatic carbocycles. The summed E-state index contributed by atoms with van der Waals surface area (Å²) < 4.78 is 0. The van der Waals surface area contributed by atoms with Crippen LogP contribution in [0.3, 0.4) is 0 Å². The Morgan fingerprint density at radius 1 is 1.45 bits per heavy atom. The van der Waals surface area contributed by atoms with Crippen molar-refractivity contribution < 1.29 is 10.0 Å². The molecule has 1 aromatic rings. The van der Waals surface area contributed by atoms with E-state index in [1.54, 1.807) is 18.2 Å². The number of carbonyl (C=O) groups is 1. The first-order valence-corrected chi connectivity index (χ1v) is 6.78. The number of nitrogens with zero attached hydrogens (tertiary/aromatic N) is 2. The predicted octanol–water partition coefficient (Wildman–Crippen LogP) is 2.74. The van der Waals surface area contributed by atoms with Crippen LogP contribution < -0.4 is 11.1 Å². The third-order valence-electron chi connectivity index (χ3n) is 3.14. The van der Waals surface area contributed by atoms with E-state index in [0.717, 1.165) is 6.42 Å². The second-order valence-corrected chi connectivity index (χ2v) is 5.25. The Balaban J connectivity index is 2.09. The molecular weight excluding hydrogens is 303 g/mol. The van der Waals surface area contributed by atoms with Gasteiger partial charge in [0.2, 0.25) is 0 Å². The highest BCUT2D eigenvalue weighted by Gasteiger charge is 2.31. The van der Waals surface area contributed by atoms with Crippen LogP contribution in [0, 0.1) is 0 Å². The molecule has 1 fully saturated rings. The fourth-order valence-electron chi connectivity index (χ4n) is 2.15. The van der Waals surface area contributed by atoms with Crippen LogP contribution in [0.2, 0.25) is 10.0 Å². The van der Waals surface area contributed by atoms with Crippen molar-refractivity contribution in [3.63, 3.8) is 0 Å². The number of nitrogens with one attached hydrogen (secondary N) is 1. The molecule has 1 saturated heterocycles. The van der Waals surface area contributed by atoms with Gasteiger partial charge in [-0.2, -0.15) is 0 Å². The zero-order valence-corrected chi connectivity index (χ0v) is 12.0. The normalized spacial score (nSPS) is 19.2. The molecule has 4 N–H and O–H groups in total. The summed E-state index contributed by atoms with van der Waals surface area (Å²) in [7, 11) is 0. The molecule has 1 aliphatic heterocycles. The van der Waals surface area contributed by atoms with Gasteiger partial charge in [-0.1, -0.05) is 28.4 Å². The van der Waals surface area contributed by atoms with E-state index in [1.165, 1.54) is 4.90 Å². The number of hydrogen-bond donors (Lipinski definition) is 3. The molecule has 0 aromatic heterocycles. The van der Waals surface area contributed by atoms with Gasteiger partial charge < -0.3 is 21.2 Å². The summed E-state index contributed by atoms with van der Waals surface area (Å²) in [4.78, 5) is 13.7. The molecule has 0 spiro atoms. The Kier molecular flexibility index (Phi) is 4.57. The number of urea groups is 1. The van der Waals surface area contributed by atoms with E-state index in [9.17, 15) is 4.79 Å². The van der Waals surface area contributed by atoms with Crippen LogP contribution in [0.15, 0.2) is 23.4 Å². The lowest BCUT2D eigenvalue weighted by atomic mass is 10.2. The number of rotatable bonds is 2. The van der Waals surface area contributed by atoms with Crippen LogP contribution in [-0.2, 0) is 0 Å². The maximum absolute atomic E-state index is 12.2. The Hall–Kier alpha value is -1.66. The lowest BCUT2D eigenvalue weighted by Gasteiger charge is -2.23. The summed E-state index contributed by atoms with van der Waals surface area (Å²) in [5, 5.41) is 15.2. The maximum atomic E-state index is 12.2. The van der Waals surface area contributed by atoms with Gasteiger partial charge in [0.05, 0.1) is 16.1 Å². The average molecular weight is 317 g/mol. The van der Waals surface area contributed by atoms with Crippen molar-refractivity contribution in [2.75, 3.05) is 11.9 Å². The first-order valence-electron chi connectivity index (χ1n) is 6.03. The zero-order valence-electron chi connectivity index (χ0n) is 10.5. The molecule has 8 heteroatoms. The summed E-state index contributed by atoms with van der Waals surface area (Å²) in [5.41, 5.74) is 6.12. The van der Waals surface area contributed by atoms with Gasteiger partial charge in [-0.15, -0.1) is 0 Å². The Morgan fingerprint density at radius 2 is 2.20 bits per heavy atom. The quantitative estimate of drug-likeness (QED) is 0.339. The van der Waals surface area contributed by atoms with Crippen LogP contribution >= 0.6 is 23.2 Å². The highest BCUT2D eigenvalue weighted by molar-refractivity contribution is 6.42. The van der Waals surface area contributed by atoms with Crippen molar-refractivity contribution in [1.29, 1.82) is 0 Å². The smallest absolute Gasteiger partial charge is 0.322 e. The van der Waals surface area contributed by atoms with Crippen molar-refractivity contribution in [3.05, 3.63) is 28.2 Å². The molecule has 0 saturated carbocycles. The molecule has 1 heterocycles. The van der Waals surface area contributed by atoms with Gasteiger partial charge in [-0.05, 0) is 31.0 Å². The topological polar surface area (TPSA) is 91.0 Å². The highest BCUT2D eigenvalue weighted by Crippen LogP contribution is 2.26. The number of nitrogens with two attached hydrogens (primary N) is 1. The third-order valence-corrected chi connectivity index (χ3v) is 3.88. The van der Waals surface area contributed by atoms with Crippen molar-refractivity contribution in [2.24, 2.45) is 10.9 Å². The molecule has 1 atom stereocenters. The van der Waals surface area contributed by atoms with Gasteiger partial charge in [0, 0.05) is 12.2 Å². The summed E-state index contributed by atoms with van der Waals surface area (Å²) in [6.07, 6.45) is 1.47. The number of hydrogen-bond acceptors (Lipinski definition) is 3. The van der Waals surface area contributed by atoms with Crippen LogP contribution in [0.5, 0.6) is 0 Å². The van der Waals surface area contributed by atoms with E-state index in [0.29, 0.717) is 28.7 Å². The van der Waals surface area contributed by atoms with Gasteiger partial charge in [-0.3, -0.25) is 0 Å². The number of carbonyl (C=O) groups excluding carboxylic acids is 1. The fraction of sp³-hybridized carbons (Fsp3) is 0.333. The molecule has 0 aliphatic carbocycles. The molecule has 2 amide bonds. The summed E-state index contributed by atoms with van der Waals surface area (Å²) in [5.74, 6) is 0.0341. The molecule has 1 unspecified atom stereocenters. The third kappa shape index (κ3) is 3.08. The fourth-order valence-corrected chi connectivity index (χ4v) is 2.45. The molecule has 1 aliphatic rings. The van der Waals surface area contributed by atoms with E-state index < -0.39 is 0 Å². The molecule has 0 radical (unpaired) electrons. The Morgan fingerprint density at radius 3 is 2.85 bits per heavy atom. The van der Waals surface area contributed by atoms with Crippen molar-refractivity contribution in [3.8, 4) is 0 Å². The minimum atomic E-state index is -0.386. The number of anilines is 1. The summed E-state index contributed by atoms with van der Waals surface area (Å²) in [6, 6.07) is 4.11. The number of benzene rings is 1. The average Bonchev–Trinajstić information content (AvgIpc) is 2.91. The van der Waals surface area contributed by atoms with E-state index >= 15 is 0 Å². The van der Waals surface area contributed by atoms with Crippen molar-refractivity contribution >= 4 is 40.8 Å². The van der Waals surface area contributed by atoms with Gasteiger partial charge in [-0.25, -0.2) is 4.79 Å². The largest absolute Gasteiger partial charge is 0.409 e. The predicted molar refractivity (Wildman–Crippen MR) is 78.6 cm³/mol. The van der Waals surface area contributed by atoms with Gasteiger partial charge in [0.15, 0.2) is 5.84 Å². The number of oxime groups is 1. The molecule has 20 heavy (non-hydrogen) atoms. The number of halogens is 2. The molecule has 2 rings (SSSR count). The number of amidine groups is 1. The molecule has 108 valence electrons. The van der Waals surface area contributed by atoms with Gasteiger partial charge in [0.1, 0.15) is 0 Å². The second kappa shape index (κ2) is 6.19. The van der Waals surface area contributed by atoms with E-state index in [4.69, 9.17) is 34.1 Å². The van der Waals surface area contributed by atoms with E-state index in [2.05, 4.69) is 10.5 Å². The molecule has 6 nitrogen and oxygen atoms in total. The summed E-state index contributed by atoms with van der Waals surface area (Å²) >= 11 is 11.7. The summed E-state index contributed by atoms with van der Waals surface area (Å²) in [6.45, 7) is 0.550. The monoisotopic (exact) mass is 316 g/mol. The molecule has 0 bridgehead atoms. The van der Waals surface area contributed by atoms with Gasteiger partial charge in [0.25, 0.3) is 0 Å². The lowest BCUT2D eigenvalue weighted by Crippen LogP contribution is -2.45. The van der Waals surface area contributed by atoms with Crippen molar-refractivity contribution in [2.45, 2.75) is 18.9 Å². The van der Waals surface area contributed by atoms with Crippen LogP contribution in [-0.4, -0.2) is 34.6 Å². The standard InChI is InChI=1S/C12H14Cl2N4O2/c13-8-4-3-7(6-9(8)14)16-12(19)18-5-1-2-10(18)11(15)17-20/h3-4,6,10,20H,1-2,5H2,(H2,15,17)(H,16,19). The van der Waals surface area contributed by atoms with E-state index in [-0.39, 0.29) is 17.9 Å². The minimum Gasteiger partial charge on any atom is -0.409 e. The van der Waals surface area contributed by atoms with Crippen LogP contribution in [0.25, 0.3) is 0 Å². The Labute approximate surface area is 126 Å². The molecular formula is C12H14Cl2N4O2. The SMILES string of the molecule is NC(=NO)C1CCCN1C(=O)Nc1ccc(Cl)c(Cl)c1. The highest BCUT2D eigenvalue weighted by atomic mass is 35.5. The first-order chi connectivity index (χ1) is 9.52.